The van der Waals surface area contributed by atoms with Gasteiger partial charge in [0.15, 0.2) is 0 Å². The zero-order chi connectivity index (χ0) is 14.8. The molecule has 0 radical (unpaired) electrons. The number of benzene rings is 1. The molecule has 1 aliphatic rings. The van der Waals surface area contributed by atoms with Gasteiger partial charge in [-0.05, 0) is 25.0 Å². The Morgan fingerprint density at radius 1 is 1.43 bits per heavy atom. The molecule has 0 saturated heterocycles. The van der Waals surface area contributed by atoms with Crippen molar-refractivity contribution in [3.63, 3.8) is 0 Å². The summed E-state index contributed by atoms with van der Waals surface area (Å²) in [4.78, 5) is 19.0. The molecule has 0 bridgehead atoms. The average molecular weight is 305 g/mol. The summed E-state index contributed by atoms with van der Waals surface area (Å²) in [6, 6.07) is 9.57. The molecular formula is C16H17ClN2O2. The van der Waals surface area contributed by atoms with E-state index >= 15 is 0 Å². The minimum Gasteiger partial charge on any atom is -0.383 e. The van der Waals surface area contributed by atoms with Crippen LogP contribution in [0.2, 0.25) is 5.15 Å². The minimum absolute atomic E-state index is 0.00931. The summed E-state index contributed by atoms with van der Waals surface area (Å²) in [6.07, 6.45) is 2.12. The maximum atomic E-state index is 12.9. The second-order valence-electron chi connectivity index (χ2n) is 5.23. The van der Waals surface area contributed by atoms with Crippen LogP contribution in [0.15, 0.2) is 30.3 Å². The second-order valence-corrected chi connectivity index (χ2v) is 5.62. The molecule has 0 N–H and O–H groups in total. The maximum absolute atomic E-state index is 12.9. The minimum atomic E-state index is 0.00931. The molecule has 1 aromatic heterocycles. The van der Waals surface area contributed by atoms with Crippen LogP contribution in [0.5, 0.6) is 0 Å². The third kappa shape index (κ3) is 3.01. The standard InChI is InChI=1S/C16H17ClN2O2/c1-21-9-8-19(11-6-7-11)16(20)13-10-15(17)18-14-5-3-2-4-12(13)14/h2-5,10-11H,6-9H2,1H3. The lowest BCUT2D eigenvalue weighted by molar-refractivity contribution is 0.0682. The zero-order valence-corrected chi connectivity index (χ0v) is 12.6. The smallest absolute Gasteiger partial charge is 0.254 e. The molecule has 110 valence electrons. The number of para-hydroxylation sites is 1. The van der Waals surface area contributed by atoms with Gasteiger partial charge in [0.1, 0.15) is 5.15 Å². The number of ether oxygens (including phenoxy) is 1. The van der Waals surface area contributed by atoms with E-state index in [0.717, 1.165) is 23.7 Å². The van der Waals surface area contributed by atoms with Crippen molar-refractivity contribution in [2.24, 2.45) is 0 Å². The highest BCUT2D eigenvalue weighted by molar-refractivity contribution is 6.30. The van der Waals surface area contributed by atoms with Crippen molar-refractivity contribution in [3.05, 3.63) is 41.0 Å². The third-order valence-electron chi connectivity index (χ3n) is 3.70. The highest BCUT2D eigenvalue weighted by atomic mass is 35.5. The Kier molecular flexibility index (Phi) is 4.08. The predicted octanol–water partition coefficient (Wildman–Crippen LogP) is 3.14. The van der Waals surface area contributed by atoms with Gasteiger partial charge in [-0.1, -0.05) is 29.8 Å². The highest BCUT2D eigenvalue weighted by Gasteiger charge is 2.33. The van der Waals surface area contributed by atoms with Gasteiger partial charge in [-0.25, -0.2) is 4.98 Å². The van der Waals surface area contributed by atoms with Gasteiger partial charge >= 0.3 is 0 Å². The van der Waals surface area contributed by atoms with Gasteiger partial charge in [0.05, 0.1) is 17.7 Å². The molecule has 0 atom stereocenters. The molecule has 1 fully saturated rings. The summed E-state index contributed by atoms with van der Waals surface area (Å²) >= 11 is 6.07. The largest absolute Gasteiger partial charge is 0.383 e. The van der Waals surface area contributed by atoms with E-state index in [1.807, 2.05) is 29.2 Å². The molecule has 21 heavy (non-hydrogen) atoms. The lowest BCUT2D eigenvalue weighted by Crippen LogP contribution is -2.36. The summed E-state index contributed by atoms with van der Waals surface area (Å²) in [5.74, 6) is 0.00931. The van der Waals surface area contributed by atoms with E-state index in [4.69, 9.17) is 16.3 Å². The van der Waals surface area contributed by atoms with Crippen LogP contribution in [0.3, 0.4) is 0 Å². The molecule has 4 nitrogen and oxygen atoms in total. The van der Waals surface area contributed by atoms with Gasteiger partial charge in [0.2, 0.25) is 0 Å². The van der Waals surface area contributed by atoms with E-state index in [2.05, 4.69) is 4.98 Å². The number of methoxy groups -OCH3 is 1. The van der Waals surface area contributed by atoms with E-state index < -0.39 is 0 Å². The van der Waals surface area contributed by atoms with Crippen LogP contribution in [-0.4, -0.2) is 42.1 Å². The number of nitrogens with zero attached hydrogens (tertiary/aromatic N) is 2. The van der Waals surface area contributed by atoms with Crippen LogP contribution in [0.25, 0.3) is 10.9 Å². The highest BCUT2D eigenvalue weighted by Crippen LogP contribution is 2.30. The fourth-order valence-corrected chi connectivity index (χ4v) is 2.70. The van der Waals surface area contributed by atoms with Crippen molar-refractivity contribution in [2.75, 3.05) is 20.3 Å². The molecule has 1 heterocycles. The Bertz CT molecular complexity index is 670. The van der Waals surface area contributed by atoms with Crippen molar-refractivity contribution < 1.29 is 9.53 Å². The van der Waals surface area contributed by atoms with Crippen molar-refractivity contribution in [2.45, 2.75) is 18.9 Å². The molecule has 1 aliphatic carbocycles. The number of hydrogen-bond acceptors (Lipinski definition) is 3. The van der Waals surface area contributed by atoms with Crippen LogP contribution in [-0.2, 0) is 4.74 Å². The molecule has 5 heteroatoms. The third-order valence-corrected chi connectivity index (χ3v) is 3.89. The molecule has 1 saturated carbocycles. The topological polar surface area (TPSA) is 42.4 Å². The van der Waals surface area contributed by atoms with E-state index in [1.165, 1.54) is 0 Å². The van der Waals surface area contributed by atoms with Crippen molar-refractivity contribution in [3.8, 4) is 0 Å². The summed E-state index contributed by atoms with van der Waals surface area (Å²) in [7, 11) is 1.65. The fraction of sp³-hybridized carbons (Fsp3) is 0.375. The van der Waals surface area contributed by atoms with Gasteiger partial charge in [-0.15, -0.1) is 0 Å². The SMILES string of the molecule is COCCN(C(=O)c1cc(Cl)nc2ccccc12)C1CC1. The molecule has 2 aromatic rings. The van der Waals surface area contributed by atoms with E-state index in [-0.39, 0.29) is 5.91 Å². The number of fused-ring (bicyclic) bond motifs is 1. The molecule has 0 spiro atoms. The summed E-state index contributed by atoms with van der Waals surface area (Å²) in [5, 5.41) is 1.19. The molecular weight excluding hydrogens is 288 g/mol. The first-order valence-corrected chi connectivity index (χ1v) is 7.43. The number of pyridine rings is 1. The predicted molar refractivity (Wildman–Crippen MR) is 82.7 cm³/mol. The Morgan fingerprint density at radius 2 is 2.19 bits per heavy atom. The molecule has 3 rings (SSSR count). The summed E-state index contributed by atoms with van der Waals surface area (Å²) in [5.41, 5.74) is 1.37. The van der Waals surface area contributed by atoms with E-state index in [9.17, 15) is 4.79 Å². The number of carbonyl (C=O) groups excluding carboxylic acids is 1. The van der Waals surface area contributed by atoms with Gasteiger partial charge < -0.3 is 9.64 Å². The normalized spacial score (nSPS) is 14.4. The first kappa shape index (κ1) is 14.3. The fourth-order valence-electron chi connectivity index (χ4n) is 2.50. The molecule has 0 aliphatic heterocycles. The summed E-state index contributed by atoms with van der Waals surface area (Å²) in [6.45, 7) is 1.15. The number of aromatic nitrogens is 1. The zero-order valence-electron chi connectivity index (χ0n) is 11.9. The number of halogens is 1. The first-order chi connectivity index (χ1) is 10.2. The van der Waals surface area contributed by atoms with Crippen LogP contribution in [0.1, 0.15) is 23.2 Å². The Hall–Kier alpha value is -1.65. The van der Waals surface area contributed by atoms with Gasteiger partial charge in [-0.3, -0.25) is 4.79 Å². The van der Waals surface area contributed by atoms with Crippen LogP contribution < -0.4 is 0 Å². The van der Waals surface area contributed by atoms with Crippen LogP contribution in [0.4, 0.5) is 0 Å². The average Bonchev–Trinajstić information content (AvgIpc) is 3.31. The van der Waals surface area contributed by atoms with Crippen molar-refractivity contribution in [1.82, 2.24) is 9.88 Å². The number of hydrogen-bond donors (Lipinski definition) is 0. The maximum Gasteiger partial charge on any atom is 0.254 e. The number of amides is 1. The van der Waals surface area contributed by atoms with E-state index in [0.29, 0.717) is 29.9 Å². The van der Waals surface area contributed by atoms with Gasteiger partial charge in [0, 0.05) is 25.1 Å². The van der Waals surface area contributed by atoms with E-state index in [1.54, 1.807) is 13.2 Å². The Morgan fingerprint density at radius 3 is 2.90 bits per heavy atom. The number of carbonyl (C=O) groups is 1. The molecule has 1 aromatic carbocycles. The van der Waals surface area contributed by atoms with Gasteiger partial charge in [0.25, 0.3) is 5.91 Å². The Balaban J connectivity index is 1.99. The van der Waals surface area contributed by atoms with Crippen molar-refractivity contribution >= 4 is 28.4 Å². The van der Waals surface area contributed by atoms with Crippen LogP contribution >= 0.6 is 11.6 Å². The number of rotatable bonds is 5. The lowest BCUT2D eigenvalue weighted by Gasteiger charge is -2.22. The second kappa shape index (κ2) is 6.00. The van der Waals surface area contributed by atoms with Gasteiger partial charge in [-0.2, -0.15) is 0 Å². The quantitative estimate of drug-likeness (QED) is 0.797. The lowest BCUT2D eigenvalue weighted by atomic mass is 10.1. The molecule has 0 unspecified atom stereocenters. The molecule has 1 amide bonds. The van der Waals surface area contributed by atoms with Crippen molar-refractivity contribution in [1.29, 1.82) is 0 Å². The Labute approximate surface area is 128 Å². The monoisotopic (exact) mass is 304 g/mol. The van der Waals surface area contributed by atoms with Crippen LogP contribution in [0, 0.1) is 0 Å². The summed E-state index contributed by atoms with van der Waals surface area (Å²) < 4.78 is 5.12. The first-order valence-electron chi connectivity index (χ1n) is 7.06.